The summed E-state index contributed by atoms with van der Waals surface area (Å²) in [5.41, 5.74) is 1.69. The predicted octanol–water partition coefficient (Wildman–Crippen LogP) is 3.55. The molecule has 130 valence electrons. The first-order valence-electron chi connectivity index (χ1n) is 8.54. The zero-order chi connectivity index (χ0) is 18.4. The molecule has 0 aliphatic heterocycles. The van der Waals surface area contributed by atoms with Gasteiger partial charge in [-0.25, -0.2) is 0 Å². The number of carbonyl (C=O) groups is 1. The van der Waals surface area contributed by atoms with E-state index in [9.17, 15) is 4.79 Å². The maximum Gasteiger partial charge on any atom is 0.152 e. The molecular weight excluding hydrogens is 337 g/mol. The van der Waals surface area contributed by atoms with Crippen molar-refractivity contribution in [2.75, 3.05) is 14.1 Å². The Morgan fingerprint density at radius 2 is 1.27 bits per heavy atom. The van der Waals surface area contributed by atoms with Crippen molar-refractivity contribution in [3.8, 4) is 0 Å². The van der Waals surface area contributed by atoms with Crippen LogP contribution in [0.25, 0.3) is 5.57 Å². The lowest BCUT2D eigenvalue weighted by molar-refractivity contribution is -0.103. The Bertz CT molecular complexity index is 849. The van der Waals surface area contributed by atoms with Crippen LogP contribution in [0.3, 0.4) is 0 Å². The van der Waals surface area contributed by atoms with Crippen LogP contribution in [0.2, 0.25) is 0 Å². The topological polar surface area (TPSA) is 20.3 Å². The summed E-state index contributed by atoms with van der Waals surface area (Å²) in [5.74, 6) is 0. The number of hydrogen-bond donors (Lipinski definition) is 0. The number of allylic oxidation sites excluding steroid dienone is 1. The minimum absolute atomic E-state index is 0.699. The highest BCUT2D eigenvalue weighted by molar-refractivity contribution is 7.80. The summed E-state index contributed by atoms with van der Waals surface area (Å²) in [6.45, 7) is 0. The molecule has 0 heterocycles. The second-order valence-corrected chi connectivity index (χ2v) is 8.37. The molecule has 0 spiro atoms. The molecule has 0 radical (unpaired) electrons. The lowest BCUT2D eigenvalue weighted by Gasteiger charge is -2.22. The smallest absolute Gasteiger partial charge is 0.152 e. The Morgan fingerprint density at radius 1 is 0.769 bits per heavy atom. The van der Waals surface area contributed by atoms with Crippen molar-refractivity contribution in [2.45, 2.75) is 0 Å². The first-order valence-corrected chi connectivity index (χ1v) is 9.88. The number of aldehydes is 1. The second kappa shape index (κ2) is 8.60. The molecule has 0 saturated carbocycles. The summed E-state index contributed by atoms with van der Waals surface area (Å²) in [5, 5.41) is 3.74. The highest BCUT2D eigenvalue weighted by Gasteiger charge is 2.20. The number of hydrogen-bond acceptors (Lipinski definition) is 2. The molecule has 0 amide bonds. The van der Waals surface area contributed by atoms with Crippen molar-refractivity contribution in [1.29, 1.82) is 0 Å². The average Bonchev–Trinajstić information content (AvgIpc) is 2.68. The molecule has 3 aromatic rings. The van der Waals surface area contributed by atoms with Gasteiger partial charge in [0.05, 0.1) is 0 Å². The Morgan fingerprint density at radius 3 is 1.77 bits per heavy atom. The molecular formula is C23H22NOP. The van der Waals surface area contributed by atoms with E-state index in [0.29, 0.717) is 5.57 Å². The number of carbonyl (C=O) groups excluding carboxylic acids is 1. The fourth-order valence-electron chi connectivity index (χ4n) is 2.94. The van der Waals surface area contributed by atoms with Crippen LogP contribution in [-0.4, -0.2) is 25.3 Å². The normalized spacial score (nSPS) is 11.4. The van der Waals surface area contributed by atoms with E-state index in [2.05, 4.69) is 60.7 Å². The van der Waals surface area contributed by atoms with E-state index in [4.69, 9.17) is 0 Å². The van der Waals surface area contributed by atoms with Gasteiger partial charge >= 0.3 is 0 Å². The Kier molecular flexibility index (Phi) is 5.99. The van der Waals surface area contributed by atoms with Crippen LogP contribution in [0.15, 0.2) is 91.1 Å². The molecule has 3 aromatic carbocycles. The van der Waals surface area contributed by atoms with Gasteiger partial charge in [0.1, 0.15) is 0 Å². The summed E-state index contributed by atoms with van der Waals surface area (Å²) >= 11 is 0. The molecule has 26 heavy (non-hydrogen) atoms. The molecule has 0 bridgehead atoms. The van der Waals surface area contributed by atoms with Crippen molar-refractivity contribution in [2.24, 2.45) is 0 Å². The van der Waals surface area contributed by atoms with Crippen molar-refractivity contribution in [1.82, 2.24) is 4.90 Å². The maximum atomic E-state index is 11.8. The van der Waals surface area contributed by atoms with Crippen LogP contribution < -0.4 is 15.9 Å². The van der Waals surface area contributed by atoms with E-state index in [0.717, 1.165) is 11.8 Å². The van der Waals surface area contributed by atoms with E-state index >= 15 is 0 Å². The molecule has 0 N–H and O–H groups in total. The average molecular weight is 359 g/mol. The highest BCUT2D eigenvalue weighted by Crippen LogP contribution is 2.35. The van der Waals surface area contributed by atoms with E-state index < -0.39 is 7.92 Å². The molecule has 0 atom stereocenters. The zero-order valence-electron chi connectivity index (χ0n) is 15.0. The zero-order valence-corrected chi connectivity index (χ0v) is 15.9. The van der Waals surface area contributed by atoms with Gasteiger partial charge in [-0.3, -0.25) is 4.79 Å². The van der Waals surface area contributed by atoms with E-state index in [1.54, 1.807) is 0 Å². The minimum Gasteiger partial charge on any atom is -0.383 e. The van der Waals surface area contributed by atoms with E-state index in [1.807, 2.05) is 49.5 Å². The van der Waals surface area contributed by atoms with Gasteiger partial charge < -0.3 is 4.90 Å². The Hall–Kier alpha value is -2.70. The van der Waals surface area contributed by atoms with Crippen LogP contribution >= 0.6 is 7.92 Å². The molecule has 0 aliphatic rings. The lowest BCUT2D eigenvalue weighted by atomic mass is 10.1. The van der Waals surface area contributed by atoms with Crippen LogP contribution in [0.4, 0.5) is 0 Å². The maximum absolute atomic E-state index is 11.8. The molecule has 3 rings (SSSR count). The number of rotatable bonds is 6. The van der Waals surface area contributed by atoms with Gasteiger partial charge in [0.2, 0.25) is 0 Å². The van der Waals surface area contributed by atoms with Crippen molar-refractivity contribution < 1.29 is 4.79 Å². The molecule has 0 saturated heterocycles. The Labute approximate surface area is 156 Å². The molecule has 0 aliphatic carbocycles. The van der Waals surface area contributed by atoms with Gasteiger partial charge in [0.15, 0.2) is 6.29 Å². The van der Waals surface area contributed by atoms with Crippen molar-refractivity contribution in [3.63, 3.8) is 0 Å². The third-order valence-corrected chi connectivity index (χ3v) is 6.51. The van der Waals surface area contributed by atoms with Crippen LogP contribution in [0, 0.1) is 0 Å². The van der Waals surface area contributed by atoms with Crippen molar-refractivity contribution >= 4 is 35.7 Å². The second-order valence-electron chi connectivity index (χ2n) is 6.19. The van der Waals surface area contributed by atoms with E-state index in [-0.39, 0.29) is 0 Å². The predicted molar refractivity (Wildman–Crippen MR) is 113 cm³/mol. The van der Waals surface area contributed by atoms with Crippen LogP contribution in [0.1, 0.15) is 5.56 Å². The summed E-state index contributed by atoms with van der Waals surface area (Å²) in [6, 6.07) is 29.3. The fraction of sp³-hybridized carbons (Fsp3) is 0.0870. The van der Waals surface area contributed by atoms with Crippen molar-refractivity contribution in [3.05, 3.63) is 96.7 Å². The lowest BCUT2D eigenvalue weighted by Crippen LogP contribution is -2.23. The van der Waals surface area contributed by atoms with Gasteiger partial charge in [0.25, 0.3) is 0 Å². The van der Waals surface area contributed by atoms with Gasteiger partial charge in [-0.2, -0.15) is 0 Å². The van der Waals surface area contributed by atoms with Gasteiger partial charge in [-0.05, 0) is 29.4 Å². The van der Waals surface area contributed by atoms with Crippen LogP contribution in [0.5, 0.6) is 0 Å². The first-order chi connectivity index (χ1) is 12.7. The highest BCUT2D eigenvalue weighted by atomic mass is 31.1. The standard InChI is InChI=1S/C23H22NOP/c1-24(2)17-19(18-25)22-15-9-10-16-23(22)26(20-11-5-3-6-12-20)21-13-7-4-8-14-21/h3-18H,1-2H3. The summed E-state index contributed by atoms with van der Waals surface area (Å²) < 4.78 is 0. The fourth-order valence-corrected chi connectivity index (χ4v) is 5.41. The SMILES string of the molecule is CN(C)C=C(C=O)c1ccccc1P(c1ccccc1)c1ccccc1. The first kappa shape index (κ1) is 18.1. The molecule has 0 unspecified atom stereocenters. The molecule has 0 aromatic heterocycles. The molecule has 2 nitrogen and oxygen atoms in total. The summed E-state index contributed by atoms with van der Waals surface area (Å²) in [7, 11) is 3.12. The third kappa shape index (κ3) is 4.09. The van der Waals surface area contributed by atoms with Gasteiger partial charge in [0, 0.05) is 25.9 Å². The van der Waals surface area contributed by atoms with E-state index in [1.165, 1.54) is 15.9 Å². The molecule has 0 fully saturated rings. The van der Waals surface area contributed by atoms with Gasteiger partial charge in [-0.1, -0.05) is 84.9 Å². The Balaban J connectivity index is 2.22. The quantitative estimate of drug-likeness (QED) is 0.381. The van der Waals surface area contributed by atoms with Gasteiger partial charge in [-0.15, -0.1) is 0 Å². The molecule has 3 heteroatoms. The third-order valence-electron chi connectivity index (χ3n) is 4.01. The monoisotopic (exact) mass is 359 g/mol. The largest absolute Gasteiger partial charge is 0.383 e. The summed E-state index contributed by atoms with van der Waals surface area (Å²) in [6.07, 6.45) is 2.83. The van der Waals surface area contributed by atoms with Crippen LogP contribution in [-0.2, 0) is 4.79 Å². The summed E-state index contributed by atoms with van der Waals surface area (Å²) in [4.78, 5) is 13.7. The number of benzene rings is 3. The number of nitrogens with zero attached hydrogens (tertiary/aromatic N) is 1. The minimum atomic E-state index is -0.748.